The van der Waals surface area contributed by atoms with Crippen molar-refractivity contribution in [2.24, 2.45) is 0 Å². The molecule has 1 aliphatic rings. The van der Waals surface area contributed by atoms with Crippen molar-refractivity contribution in [3.05, 3.63) is 59.6 Å². The number of benzene rings is 2. The number of carbonyl (C=O) groups excluding carboxylic acids is 2. The second kappa shape index (κ2) is 9.79. The van der Waals surface area contributed by atoms with Gasteiger partial charge in [-0.15, -0.1) is 0 Å². The van der Waals surface area contributed by atoms with E-state index in [1.54, 1.807) is 23.1 Å². The number of carbonyl (C=O) groups is 2. The Kier molecular flexibility index (Phi) is 6.64. The van der Waals surface area contributed by atoms with Crippen LogP contribution < -0.4 is 16.0 Å². The number of phenolic OH excluding ortho intramolecular Hbond substituents is 1. The Hall–Kier alpha value is -4.12. The number of aromatic hydroxyl groups is 1. The molecule has 0 aliphatic carbocycles. The van der Waals surface area contributed by atoms with Crippen molar-refractivity contribution in [1.82, 2.24) is 15.4 Å². The summed E-state index contributed by atoms with van der Waals surface area (Å²) < 4.78 is 19.7. The van der Waals surface area contributed by atoms with Gasteiger partial charge in [-0.1, -0.05) is 11.2 Å². The largest absolute Gasteiger partial charge is 0.506 e. The van der Waals surface area contributed by atoms with E-state index in [2.05, 4.69) is 10.5 Å². The van der Waals surface area contributed by atoms with Crippen molar-refractivity contribution in [3.8, 4) is 17.0 Å². The zero-order valence-corrected chi connectivity index (χ0v) is 18.2. The summed E-state index contributed by atoms with van der Waals surface area (Å²) in [4.78, 5) is 28.2. The van der Waals surface area contributed by atoms with E-state index >= 15 is 0 Å². The van der Waals surface area contributed by atoms with Crippen LogP contribution in [-0.4, -0.2) is 64.8 Å². The third-order valence-electron chi connectivity index (χ3n) is 5.62. The number of anilines is 2. The molecule has 1 fully saturated rings. The number of nitrogens with zero attached hydrogens (tertiary/aromatic N) is 3. The summed E-state index contributed by atoms with van der Waals surface area (Å²) in [5.41, 5.74) is 7.26. The van der Waals surface area contributed by atoms with Crippen molar-refractivity contribution < 1.29 is 28.7 Å². The number of piperazine rings is 1. The highest BCUT2D eigenvalue weighted by molar-refractivity contribution is 5.97. The zero-order valence-electron chi connectivity index (χ0n) is 18.2. The van der Waals surface area contributed by atoms with E-state index in [0.717, 1.165) is 0 Å². The molecule has 2 aromatic carbocycles. The number of halogens is 1. The molecule has 34 heavy (non-hydrogen) atoms. The number of amides is 2. The Morgan fingerprint density at radius 1 is 1.12 bits per heavy atom. The summed E-state index contributed by atoms with van der Waals surface area (Å²) in [7, 11) is 0. The number of nitrogens with one attached hydrogen (secondary N) is 1. The van der Waals surface area contributed by atoms with Crippen LogP contribution in [0.15, 0.2) is 47.0 Å². The zero-order chi connectivity index (χ0) is 24.2. The van der Waals surface area contributed by atoms with Crippen LogP contribution in [0.25, 0.3) is 11.3 Å². The maximum absolute atomic E-state index is 14.8. The molecule has 0 bridgehead atoms. The Morgan fingerprint density at radius 2 is 1.88 bits per heavy atom. The van der Waals surface area contributed by atoms with E-state index in [4.69, 9.17) is 15.4 Å². The Bertz CT molecular complexity index is 1210. The molecule has 2 heterocycles. The van der Waals surface area contributed by atoms with Crippen LogP contribution in [0.3, 0.4) is 0 Å². The van der Waals surface area contributed by atoms with Crippen LogP contribution in [-0.2, 0) is 11.4 Å². The second-order valence-corrected chi connectivity index (χ2v) is 7.83. The minimum atomic E-state index is -0.498. The fourth-order valence-electron chi connectivity index (χ4n) is 3.70. The first-order chi connectivity index (χ1) is 16.4. The molecule has 2 amide bonds. The molecular formula is C23H24FN5O5. The number of nitrogen functional groups attached to an aromatic ring is 1. The molecular weight excluding hydrogens is 445 g/mol. The predicted molar refractivity (Wildman–Crippen MR) is 121 cm³/mol. The normalized spacial score (nSPS) is 13.7. The molecule has 0 unspecified atom stereocenters. The molecule has 178 valence electrons. The highest BCUT2D eigenvalue weighted by Crippen LogP contribution is 2.27. The van der Waals surface area contributed by atoms with Crippen molar-refractivity contribution in [3.63, 3.8) is 0 Å². The van der Waals surface area contributed by atoms with Crippen LogP contribution in [0.2, 0.25) is 0 Å². The maximum Gasteiger partial charge on any atom is 0.251 e. The predicted octanol–water partition coefficient (Wildman–Crippen LogP) is 1.34. The van der Waals surface area contributed by atoms with E-state index in [1.165, 1.54) is 24.3 Å². The minimum Gasteiger partial charge on any atom is -0.506 e. The van der Waals surface area contributed by atoms with Gasteiger partial charge in [0.1, 0.15) is 23.9 Å². The summed E-state index contributed by atoms with van der Waals surface area (Å²) in [5, 5.41) is 25.1. The van der Waals surface area contributed by atoms with Crippen molar-refractivity contribution in [2.45, 2.75) is 6.61 Å². The molecule has 4 rings (SSSR count). The Balaban J connectivity index is 1.30. The number of aliphatic hydroxyl groups excluding tert-OH is 1. The van der Waals surface area contributed by atoms with Crippen molar-refractivity contribution >= 4 is 23.2 Å². The van der Waals surface area contributed by atoms with Crippen LogP contribution >= 0.6 is 0 Å². The number of hydrogen-bond acceptors (Lipinski definition) is 8. The standard InChI is InChI=1S/C23H24FN5O5/c24-17-9-14(19-11-16(13-30)34-27-19)2-4-20(17)28-5-7-29(8-6-28)22(32)12-26-23(33)15-1-3-18(25)21(31)10-15/h1-4,9-11,30-31H,5-8,12-13,25H2,(H,26,33). The molecule has 0 saturated carbocycles. The average Bonchev–Trinajstić information content (AvgIpc) is 3.33. The Morgan fingerprint density at radius 3 is 2.53 bits per heavy atom. The third-order valence-corrected chi connectivity index (χ3v) is 5.62. The van der Waals surface area contributed by atoms with E-state index in [9.17, 15) is 19.1 Å². The monoisotopic (exact) mass is 469 g/mol. The Labute approximate surface area is 194 Å². The van der Waals surface area contributed by atoms with Crippen LogP contribution in [0.1, 0.15) is 16.1 Å². The van der Waals surface area contributed by atoms with Crippen LogP contribution in [0.4, 0.5) is 15.8 Å². The molecule has 5 N–H and O–H groups in total. The molecule has 10 nitrogen and oxygen atoms in total. The second-order valence-electron chi connectivity index (χ2n) is 7.83. The first-order valence-corrected chi connectivity index (χ1v) is 10.6. The summed E-state index contributed by atoms with van der Waals surface area (Å²) in [6, 6.07) is 10.4. The quantitative estimate of drug-likeness (QED) is 0.313. The van der Waals surface area contributed by atoms with Gasteiger partial charge < -0.3 is 35.6 Å². The minimum absolute atomic E-state index is 0.158. The van der Waals surface area contributed by atoms with Crippen LogP contribution in [0.5, 0.6) is 5.75 Å². The van der Waals surface area contributed by atoms with Gasteiger partial charge >= 0.3 is 0 Å². The number of nitrogens with two attached hydrogens (primary N) is 1. The smallest absolute Gasteiger partial charge is 0.251 e. The molecule has 1 aliphatic heterocycles. The van der Waals surface area contributed by atoms with Gasteiger partial charge in [-0.05, 0) is 30.3 Å². The molecule has 1 saturated heterocycles. The lowest BCUT2D eigenvalue weighted by atomic mass is 10.1. The van der Waals surface area contributed by atoms with Gasteiger partial charge in [0.05, 0.1) is 17.9 Å². The molecule has 0 atom stereocenters. The molecule has 0 radical (unpaired) electrons. The lowest BCUT2D eigenvalue weighted by Crippen LogP contribution is -2.51. The summed E-state index contributed by atoms with van der Waals surface area (Å²) in [5.74, 6) is -1.09. The van der Waals surface area contributed by atoms with Gasteiger partial charge in [0.15, 0.2) is 5.76 Å². The summed E-state index contributed by atoms with van der Waals surface area (Å²) in [6.45, 7) is 1.13. The van der Waals surface area contributed by atoms with Crippen LogP contribution in [0, 0.1) is 5.82 Å². The van der Waals surface area contributed by atoms with Gasteiger partial charge in [0.2, 0.25) is 5.91 Å². The molecule has 0 spiro atoms. The van der Waals surface area contributed by atoms with Gasteiger partial charge in [-0.3, -0.25) is 9.59 Å². The fraction of sp³-hybridized carbons (Fsp3) is 0.261. The SMILES string of the molecule is Nc1ccc(C(=O)NCC(=O)N2CCN(c3ccc(-c4cc(CO)on4)cc3F)CC2)cc1O. The van der Waals surface area contributed by atoms with E-state index in [1.807, 2.05) is 4.90 Å². The number of hydrogen-bond donors (Lipinski definition) is 4. The van der Waals surface area contributed by atoms with Gasteiger partial charge in [-0.2, -0.15) is 0 Å². The van der Waals surface area contributed by atoms with Gasteiger partial charge in [-0.25, -0.2) is 4.39 Å². The topological polar surface area (TPSA) is 145 Å². The van der Waals surface area contributed by atoms with Gasteiger partial charge in [0.25, 0.3) is 5.91 Å². The number of aromatic nitrogens is 1. The fourth-order valence-corrected chi connectivity index (χ4v) is 3.70. The van der Waals surface area contributed by atoms with Crippen molar-refractivity contribution in [1.29, 1.82) is 0 Å². The summed E-state index contributed by atoms with van der Waals surface area (Å²) in [6.07, 6.45) is 0. The number of phenols is 1. The average molecular weight is 469 g/mol. The number of aliphatic hydroxyl groups is 1. The highest BCUT2D eigenvalue weighted by Gasteiger charge is 2.23. The molecule has 11 heteroatoms. The first kappa shape index (κ1) is 23.1. The van der Waals surface area contributed by atoms with E-state index in [-0.39, 0.29) is 36.1 Å². The summed E-state index contributed by atoms with van der Waals surface area (Å²) >= 11 is 0. The van der Waals surface area contributed by atoms with E-state index in [0.29, 0.717) is 48.9 Å². The number of rotatable bonds is 6. The first-order valence-electron chi connectivity index (χ1n) is 10.6. The molecule has 3 aromatic rings. The molecule has 1 aromatic heterocycles. The maximum atomic E-state index is 14.8. The van der Waals surface area contributed by atoms with Crippen molar-refractivity contribution in [2.75, 3.05) is 43.4 Å². The lowest BCUT2D eigenvalue weighted by molar-refractivity contribution is -0.130. The third kappa shape index (κ3) is 4.94. The lowest BCUT2D eigenvalue weighted by Gasteiger charge is -2.36. The van der Waals surface area contributed by atoms with E-state index < -0.39 is 11.7 Å². The highest BCUT2D eigenvalue weighted by atomic mass is 19.1. The van der Waals surface area contributed by atoms with Gasteiger partial charge in [0, 0.05) is 43.4 Å².